The highest BCUT2D eigenvalue weighted by Gasteiger charge is 2.20. The lowest BCUT2D eigenvalue weighted by Gasteiger charge is -2.17. The van der Waals surface area contributed by atoms with Crippen molar-refractivity contribution < 1.29 is 28.2 Å². The van der Waals surface area contributed by atoms with Crippen molar-refractivity contribution in [3.8, 4) is 5.75 Å². The molecule has 0 aliphatic heterocycles. The second-order valence-corrected chi connectivity index (χ2v) is 6.18. The summed E-state index contributed by atoms with van der Waals surface area (Å²) in [6.45, 7) is -0.609. The highest BCUT2D eigenvalue weighted by molar-refractivity contribution is 6.30. The van der Waals surface area contributed by atoms with Crippen LogP contribution < -0.4 is 15.8 Å². The van der Waals surface area contributed by atoms with Gasteiger partial charge in [-0.3, -0.25) is 9.59 Å². The lowest BCUT2D eigenvalue weighted by Crippen LogP contribution is -2.34. The van der Waals surface area contributed by atoms with Gasteiger partial charge in [-0.25, -0.2) is 9.18 Å². The number of amides is 2. The fourth-order valence-electron chi connectivity index (χ4n) is 2.47. The van der Waals surface area contributed by atoms with Crippen LogP contribution in [-0.2, 0) is 9.53 Å². The number of benzene rings is 2. The number of halogens is 2. The van der Waals surface area contributed by atoms with Gasteiger partial charge in [-0.2, -0.15) is 0 Å². The Morgan fingerprint density at radius 3 is 2.46 bits per heavy atom. The molecule has 0 fully saturated rings. The number of primary amides is 1. The SMILES string of the molecule is COc1ccc(F)cc1C(=O)COC(=O)C[C@@H](NC(N)=O)c1ccc(Cl)cc1. The summed E-state index contributed by atoms with van der Waals surface area (Å²) in [6.07, 6.45) is -0.266. The van der Waals surface area contributed by atoms with Gasteiger partial charge in [0, 0.05) is 5.02 Å². The molecule has 0 aromatic heterocycles. The first-order valence-corrected chi connectivity index (χ1v) is 8.51. The molecule has 7 nitrogen and oxygen atoms in total. The number of hydrogen-bond acceptors (Lipinski definition) is 5. The number of carbonyl (C=O) groups is 3. The van der Waals surface area contributed by atoms with E-state index in [4.69, 9.17) is 26.8 Å². The molecule has 0 heterocycles. The lowest BCUT2D eigenvalue weighted by atomic mass is 10.0. The predicted molar refractivity (Wildman–Crippen MR) is 99.8 cm³/mol. The number of esters is 1. The molecule has 0 radical (unpaired) electrons. The lowest BCUT2D eigenvalue weighted by molar-refractivity contribution is -0.143. The van der Waals surface area contributed by atoms with Crippen LogP contribution in [0.5, 0.6) is 5.75 Å². The number of ether oxygens (including phenoxy) is 2. The van der Waals surface area contributed by atoms with E-state index < -0.39 is 36.2 Å². The number of carbonyl (C=O) groups excluding carboxylic acids is 3. The van der Waals surface area contributed by atoms with Crippen LogP contribution in [0.25, 0.3) is 0 Å². The Bertz CT molecular complexity index is 873. The van der Waals surface area contributed by atoms with Crippen LogP contribution in [0.4, 0.5) is 9.18 Å². The standard InChI is InChI=1S/C19H18ClFN2O5/c1-27-17-7-6-13(21)8-14(17)16(24)10-28-18(25)9-15(23-19(22)26)11-2-4-12(20)5-3-11/h2-8,15H,9-10H2,1H3,(H3,22,23,26)/t15-/m1/s1. The monoisotopic (exact) mass is 408 g/mol. The van der Waals surface area contributed by atoms with Gasteiger partial charge in [0.05, 0.1) is 25.1 Å². The molecule has 0 bridgehead atoms. The van der Waals surface area contributed by atoms with Crippen molar-refractivity contribution in [3.63, 3.8) is 0 Å². The van der Waals surface area contributed by atoms with Crippen LogP contribution in [0, 0.1) is 5.82 Å². The molecule has 2 rings (SSSR count). The topological polar surface area (TPSA) is 108 Å². The van der Waals surface area contributed by atoms with E-state index in [2.05, 4.69) is 5.32 Å². The van der Waals surface area contributed by atoms with Gasteiger partial charge >= 0.3 is 12.0 Å². The zero-order valence-electron chi connectivity index (χ0n) is 14.9. The number of urea groups is 1. The Balaban J connectivity index is 2.02. The quantitative estimate of drug-likeness (QED) is 0.515. The maximum Gasteiger partial charge on any atom is 0.312 e. The summed E-state index contributed by atoms with van der Waals surface area (Å²) >= 11 is 5.83. The number of ketones is 1. The van der Waals surface area contributed by atoms with Crippen molar-refractivity contribution in [2.75, 3.05) is 13.7 Å². The predicted octanol–water partition coefficient (Wildman–Crippen LogP) is 3.01. The smallest absolute Gasteiger partial charge is 0.312 e. The van der Waals surface area contributed by atoms with Crippen LogP contribution >= 0.6 is 11.6 Å². The van der Waals surface area contributed by atoms with Crippen LogP contribution in [0.15, 0.2) is 42.5 Å². The van der Waals surface area contributed by atoms with Crippen molar-refractivity contribution in [1.29, 1.82) is 0 Å². The van der Waals surface area contributed by atoms with E-state index >= 15 is 0 Å². The van der Waals surface area contributed by atoms with Crippen molar-refractivity contribution in [2.24, 2.45) is 5.73 Å². The van der Waals surface area contributed by atoms with Crippen molar-refractivity contribution in [2.45, 2.75) is 12.5 Å². The molecular weight excluding hydrogens is 391 g/mol. The first-order valence-electron chi connectivity index (χ1n) is 8.14. The third kappa shape index (κ3) is 5.95. The molecule has 3 N–H and O–H groups in total. The molecule has 1 atom stereocenters. The van der Waals surface area contributed by atoms with Gasteiger partial charge in [-0.15, -0.1) is 0 Å². The first kappa shape index (κ1) is 21.2. The van der Waals surface area contributed by atoms with Crippen LogP contribution in [0.3, 0.4) is 0 Å². The summed E-state index contributed by atoms with van der Waals surface area (Å²) in [4.78, 5) is 35.6. The number of hydrogen-bond donors (Lipinski definition) is 2. The third-order valence-corrected chi connectivity index (χ3v) is 4.04. The maximum atomic E-state index is 13.4. The van der Waals surface area contributed by atoms with Gasteiger partial charge < -0.3 is 20.5 Å². The zero-order valence-corrected chi connectivity index (χ0v) is 15.7. The maximum absolute atomic E-state index is 13.4. The minimum absolute atomic E-state index is 0.0418. The highest BCUT2D eigenvalue weighted by Crippen LogP contribution is 2.22. The van der Waals surface area contributed by atoms with E-state index in [-0.39, 0.29) is 17.7 Å². The molecular formula is C19H18ClFN2O5. The summed E-state index contributed by atoms with van der Waals surface area (Å²) in [5, 5.41) is 2.92. The van der Waals surface area contributed by atoms with E-state index in [0.29, 0.717) is 10.6 Å². The van der Waals surface area contributed by atoms with E-state index in [0.717, 1.165) is 12.1 Å². The third-order valence-electron chi connectivity index (χ3n) is 3.79. The molecule has 0 spiro atoms. The fourth-order valence-corrected chi connectivity index (χ4v) is 2.59. The normalized spacial score (nSPS) is 11.4. The second kappa shape index (κ2) is 9.70. The molecule has 9 heteroatoms. The van der Waals surface area contributed by atoms with Gasteiger partial charge in [0.15, 0.2) is 6.61 Å². The molecule has 2 aromatic carbocycles. The highest BCUT2D eigenvalue weighted by atomic mass is 35.5. The average Bonchev–Trinajstić information content (AvgIpc) is 2.65. The first-order chi connectivity index (χ1) is 13.3. The summed E-state index contributed by atoms with van der Waals surface area (Å²) in [6, 6.07) is 8.30. The summed E-state index contributed by atoms with van der Waals surface area (Å²) in [5.74, 6) is -1.84. The number of Topliss-reactive ketones (excluding diaryl/α,β-unsaturated/α-hetero) is 1. The largest absolute Gasteiger partial charge is 0.496 e. The molecule has 2 amide bonds. The van der Waals surface area contributed by atoms with E-state index in [9.17, 15) is 18.8 Å². The van der Waals surface area contributed by atoms with Crippen LogP contribution in [0.1, 0.15) is 28.4 Å². The molecule has 2 aromatic rings. The van der Waals surface area contributed by atoms with E-state index in [1.807, 2.05) is 0 Å². The molecule has 0 unspecified atom stereocenters. The summed E-state index contributed by atoms with van der Waals surface area (Å²) < 4.78 is 23.3. The minimum atomic E-state index is -0.826. The van der Waals surface area contributed by atoms with E-state index in [1.165, 1.54) is 13.2 Å². The number of rotatable bonds is 8. The zero-order chi connectivity index (χ0) is 20.7. The Morgan fingerprint density at radius 2 is 1.86 bits per heavy atom. The molecule has 0 aliphatic rings. The molecule has 0 saturated carbocycles. The summed E-state index contributed by atoms with van der Waals surface area (Å²) in [7, 11) is 1.34. The average molecular weight is 409 g/mol. The number of nitrogens with two attached hydrogens (primary N) is 1. The Labute approximate surface area is 165 Å². The Hall–Kier alpha value is -3.13. The van der Waals surface area contributed by atoms with Gasteiger partial charge in [-0.1, -0.05) is 23.7 Å². The molecule has 0 saturated heterocycles. The van der Waals surface area contributed by atoms with Crippen molar-refractivity contribution >= 4 is 29.4 Å². The van der Waals surface area contributed by atoms with Crippen LogP contribution in [0.2, 0.25) is 5.02 Å². The summed E-state index contributed by atoms with van der Waals surface area (Å²) in [5.41, 5.74) is 5.69. The van der Waals surface area contributed by atoms with Crippen molar-refractivity contribution in [1.82, 2.24) is 5.32 Å². The Kier molecular flexibility index (Phi) is 7.34. The van der Waals surface area contributed by atoms with Crippen LogP contribution in [-0.4, -0.2) is 31.5 Å². The van der Waals surface area contributed by atoms with Gasteiger partial charge in [-0.05, 0) is 35.9 Å². The number of methoxy groups -OCH3 is 1. The Morgan fingerprint density at radius 1 is 1.18 bits per heavy atom. The number of nitrogens with one attached hydrogen (secondary N) is 1. The fraction of sp³-hybridized carbons (Fsp3) is 0.211. The minimum Gasteiger partial charge on any atom is -0.496 e. The second-order valence-electron chi connectivity index (χ2n) is 5.75. The van der Waals surface area contributed by atoms with Gasteiger partial charge in [0.2, 0.25) is 5.78 Å². The molecule has 148 valence electrons. The molecule has 0 aliphatic carbocycles. The van der Waals surface area contributed by atoms with Gasteiger partial charge in [0.25, 0.3) is 0 Å². The van der Waals surface area contributed by atoms with E-state index in [1.54, 1.807) is 24.3 Å². The van der Waals surface area contributed by atoms with Crippen molar-refractivity contribution in [3.05, 3.63) is 64.4 Å². The molecule has 28 heavy (non-hydrogen) atoms. The van der Waals surface area contributed by atoms with Gasteiger partial charge in [0.1, 0.15) is 11.6 Å².